The topological polar surface area (TPSA) is 98.8 Å². The Hall–Kier alpha value is -2.13. The van der Waals surface area contributed by atoms with E-state index in [1.54, 1.807) is 18.2 Å². The second-order valence-corrected chi connectivity index (χ2v) is 9.58. The number of hydrogen-bond acceptors (Lipinski definition) is 6. The third-order valence-electron chi connectivity index (χ3n) is 4.78. The minimum atomic E-state index is -3.91. The van der Waals surface area contributed by atoms with Crippen LogP contribution in [0.25, 0.3) is 0 Å². The van der Waals surface area contributed by atoms with Gasteiger partial charge in [0, 0.05) is 18.0 Å². The van der Waals surface area contributed by atoms with Gasteiger partial charge in [-0.05, 0) is 48.7 Å². The van der Waals surface area contributed by atoms with Gasteiger partial charge in [0.1, 0.15) is 10.6 Å². The molecule has 10 heteroatoms. The number of halogens is 2. The van der Waals surface area contributed by atoms with Crippen LogP contribution in [0.15, 0.2) is 35.2 Å². The molecule has 0 atom stereocenters. The molecule has 30 heavy (non-hydrogen) atoms. The highest BCUT2D eigenvalue weighted by Gasteiger charge is 2.30. The molecule has 0 amide bonds. The van der Waals surface area contributed by atoms with Crippen molar-refractivity contribution in [1.29, 1.82) is 0 Å². The first-order chi connectivity index (χ1) is 14.2. The molecule has 1 heterocycles. The van der Waals surface area contributed by atoms with Crippen molar-refractivity contribution in [3.05, 3.63) is 57.1 Å². The number of rotatable bonds is 7. The lowest BCUT2D eigenvalue weighted by atomic mass is 10.1. The maximum absolute atomic E-state index is 12.5. The third-order valence-corrected chi connectivity index (χ3v) is 7.07. The number of ketones is 1. The van der Waals surface area contributed by atoms with Crippen molar-refractivity contribution in [1.82, 2.24) is 4.72 Å². The molecular formula is C20H17Cl2NO6S. The molecule has 1 N–H and O–H groups in total. The van der Waals surface area contributed by atoms with Crippen LogP contribution in [0.5, 0.6) is 5.75 Å². The van der Waals surface area contributed by atoms with Gasteiger partial charge in [-0.15, -0.1) is 0 Å². The smallest absolute Gasteiger partial charge is 0.340 e. The van der Waals surface area contributed by atoms with E-state index in [0.29, 0.717) is 18.6 Å². The number of nitrogens with one attached hydrogen (secondary N) is 1. The maximum Gasteiger partial charge on any atom is 0.340 e. The standard InChI is InChI=1S/C20H17Cl2NO6S/c21-15-9-16(22)19(30(26,27)23-13-2-3-13)8-14(15)20(25)29-10-17(24)11-1-4-18-12(7-11)5-6-28-18/h1,4,7-9,13,23H,2-3,5-6,10H2. The van der Waals surface area contributed by atoms with E-state index < -0.39 is 28.4 Å². The number of Topliss-reactive ketones (excluding diaryl/α,β-unsaturated/α-hetero) is 1. The summed E-state index contributed by atoms with van der Waals surface area (Å²) in [4.78, 5) is 24.6. The van der Waals surface area contributed by atoms with Crippen LogP contribution in [0, 0.1) is 0 Å². The monoisotopic (exact) mass is 469 g/mol. The van der Waals surface area contributed by atoms with Crippen LogP contribution >= 0.6 is 23.2 Å². The van der Waals surface area contributed by atoms with Crippen LogP contribution in [0.2, 0.25) is 10.0 Å². The lowest BCUT2D eigenvalue weighted by Gasteiger charge is -2.11. The minimum Gasteiger partial charge on any atom is -0.493 e. The Bertz CT molecular complexity index is 1140. The predicted octanol–water partition coefficient (Wildman–Crippen LogP) is 3.41. The Morgan fingerprint density at radius 2 is 1.90 bits per heavy atom. The summed E-state index contributed by atoms with van der Waals surface area (Å²) < 4.78 is 37.9. The van der Waals surface area contributed by atoms with Crippen molar-refractivity contribution in [3.63, 3.8) is 0 Å². The zero-order chi connectivity index (χ0) is 21.5. The number of benzene rings is 2. The van der Waals surface area contributed by atoms with E-state index in [1.165, 1.54) is 6.07 Å². The highest BCUT2D eigenvalue weighted by atomic mass is 35.5. The number of carbonyl (C=O) groups excluding carboxylic acids is 2. The summed E-state index contributed by atoms with van der Waals surface area (Å²) in [7, 11) is -3.91. The number of ether oxygens (including phenoxy) is 2. The molecule has 0 bridgehead atoms. The Balaban J connectivity index is 1.49. The molecule has 0 radical (unpaired) electrons. The Morgan fingerprint density at radius 3 is 2.63 bits per heavy atom. The van der Waals surface area contributed by atoms with E-state index >= 15 is 0 Å². The summed E-state index contributed by atoms with van der Waals surface area (Å²) in [5.41, 5.74) is 1.13. The third kappa shape index (κ3) is 4.46. The maximum atomic E-state index is 12.5. The van der Waals surface area contributed by atoms with Crippen molar-refractivity contribution in [2.45, 2.75) is 30.2 Å². The van der Waals surface area contributed by atoms with Gasteiger partial charge in [0.15, 0.2) is 12.4 Å². The largest absolute Gasteiger partial charge is 0.493 e. The second kappa shape index (κ2) is 8.19. The van der Waals surface area contributed by atoms with E-state index in [1.807, 2.05) is 0 Å². The van der Waals surface area contributed by atoms with E-state index in [-0.39, 0.29) is 26.5 Å². The van der Waals surface area contributed by atoms with Crippen LogP contribution < -0.4 is 9.46 Å². The summed E-state index contributed by atoms with van der Waals surface area (Å²) in [6, 6.07) is 7.12. The summed E-state index contributed by atoms with van der Waals surface area (Å²) in [5, 5.41) is -0.182. The highest BCUT2D eigenvalue weighted by molar-refractivity contribution is 7.89. The van der Waals surface area contributed by atoms with Gasteiger partial charge < -0.3 is 9.47 Å². The fourth-order valence-electron chi connectivity index (χ4n) is 3.03. The van der Waals surface area contributed by atoms with Crippen LogP contribution in [0.1, 0.15) is 39.1 Å². The summed E-state index contributed by atoms with van der Waals surface area (Å²) in [5.74, 6) is -0.575. The number of hydrogen-bond donors (Lipinski definition) is 1. The number of esters is 1. The molecule has 1 saturated carbocycles. The molecule has 0 saturated heterocycles. The predicted molar refractivity (Wildman–Crippen MR) is 110 cm³/mol. The molecule has 7 nitrogen and oxygen atoms in total. The molecule has 1 aliphatic carbocycles. The average Bonchev–Trinajstić information content (AvgIpc) is 3.36. The van der Waals surface area contributed by atoms with Crippen molar-refractivity contribution in [2.75, 3.05) is 13.2 Å². The SMILES string of the molecule is O=C(COC(=O)c1cc(S(=O)(=O)NC2CC2)c(Cl)cc1Cl)c1ccc2c(c1)CCO2. The molecule has 4 rings (SSSR count). The summed E-state index contributed by atoms with van der Waals surface area (Å²) in [6.07, 6.45) is 2.20. The Kier molecular flexibility index (Phi) is 5.76. The van der Waals surface area contributed by atoms with Gasteiger partial charge in [-0.3, -0.25) is 4.79 Å². The van der Waals surface area contributed by atoms with Gasteiger partial charge in [-0.2, -0.15) is 0 Å². The van der Waals surface area contributed by atoms with Gasteiger partial charge in [0.05, 0.1) is 22.2 Å². The van der Waals surface area contributed by atoms with Crippen molar-refractivity contribution in [2.24, 2.45) is 0 Å². The highest BCUT2D eigenvalue weighted by Crippen LogP contribution is 2.31. The molecule has 1 aliphatic heterocycles. The molecule has 158 valence electrons. The molecule has 0 unspecified atom stereocenters. The first-order valence-corrected chi connectivity index (χ1v) is 11.5. The number of sulfonamides is 1. The number of carbonyl (C=O) groups is 2. The lowest BCUT2D eigenvalue weighted by molar-refractivity contribution is 0.0474. The van der Waals surface area contributed by atoms with Crippen LogP contribution in [-0.4, -0.2) is 39.4 Å². The Labute approximate surface area is 183 Å². The molecule has 2 aromatic carbocycles. The van der Waals surface area contributed by atoms with Gasteiger partial charge in [0.2, 0.25) is 10.0 Å². The average molecular weight is 470 g/mol. The van der Waals surface area contributed by atoms with Gasteiger partial charge >= 0.3 is 5.97 Å². The van der Waals surface area contributed by atoms with E-state index in [4.69, 9.17) is 32.7 Å². The molecular weight excluding hydrogens is 453 g/mol. The van der Waals surface area contributed by atoms with Gasteiger partial charge in [-0.1, -0.05) is 23.2 Å². The first kappa shape index (κ1) is 21.1. The van der Waals surface area contributed by atoms with Gasteiger partial charge in [-0.25, -0.2) is 17.9 Å². The molecule has 0 aromatic heterocycles. The molecule has 1 fully saturated rings. The fraction of sp³-hybridized carbons (Fsp3) is 0.300. The van der Waals surface area contributed by atoms with Crippen molar-refractivity contribution < 1.29 is 27.5 Å². The minimum absolute atomic E-state index is 0.0718. The summed E-state index contributed by atoms with van der Waals surface area (Å²) in [6.45, 7) is 0.0533. The van der Waals surface area contributed by atoms with Gasteiger partial charge in [0.25, 0.3) is 0 Å². The zero-order valence-corrected chi connectivity index (χ0v) is 17.9. The number of fused-ring (bicyclic) bond motifs is 1. The lowest BCUT2D eigenvalue weighted by Crippen LogP contribution is -2.26. The van der Waals surface area contributed by atoms with Crippen LogP contribution in [-0.2, 0) is 21.2 Å². The zero-order valence-electron chi connectivity index (χ0n) is 15.6. The summed E-state index contributed by atoms with van der Waals surface area (Å²) >= 11 is 12.1. The molecule has 2 aromatic rings. The normalized spacial score (nSPS) is 15.4. The first-order valence-electron chi connectivity index (χ1n) is 9.22. The van der Waals surface area contributed by atoms with Crippen molar-refractivity contribution in [3.8, 4) is 5.75 Å². The van der Waals surface area contributed by atoms with E-state index in [9.17, 15) is 18.0 Å². The quantitative estimate of drug-likeness (QED) is 0.492. The fourth-order valence-corrected chi connectivity index (χ4v) is 5.18. The molecule has 2 aliphatic rings. The van der Waals surface area contributed by atoms with Crippen LogP contribution in [0.3, 0.4) is 0 Å². The van der Waals surface area contributed by atoms with Crippen molar-refractivity contribution >= 4 is 45.0 Å². The second-order valence-electron chi connectivity index (χ2n) is 7.08. The Morgan fingerprint density at radius 1 is 1.13 bits per heavy atom. The van der Waals surface area contributed by atoms with E-state index in [2.05, 4.69) is 4.72 Å². The molecule has 0 spiro atoms. The van der Waals surface area contributed by atoms with Crippen LogP contribution in [0.4, 0.5) is 0 Å². The van der Waals surface area contributed by atoms with E-state index in [0.717, 1.165) is 30.2 Å².